The fourth-order valence-corrected chi connectivity index (χ4v) is 1.58. The predicted molar refractivity (Wildman–Crippen MR) is 48.0 cm³/mol. The number of rotatable bonds is 1. The molecule has 0 saturated heterocycles. The van der Waals surface area contributed by atoms with Crippen LogP contribution in [0.3, 0.4) is 0 Å². The summed E-state index contributed by atoms with van der Waals surface area (Å²) >= 11 is 0. The average molecular weight is 192 g/mol. The van der Waals surface area contributed by atoms with E-state index in [0.29, 0.717) is 5.56 Å². The molecule has 0 bridgehead atoms. The first kappa shape index (κ1) is 8.68. The van der Waals surface area contributed by atoms with Gasteiger partial charge in [0.2, 0.25) is 5.91 Å². The van der Waals surface area contributed by atoms with Crippen LogP contribution in [0.25, 0.3) is 0 Å². The lowest BCUT2D eigenvalue weighted by atomic mass is 9.98. The molecule has 1 aliphatic rings. The zero-order valence-electron chi connectivity index (χ0n) is 7.27. The van der Waals surface area contributed by atoms with Crippen molar-refractivity contribution in [1.29, 1.82) is 0 Å². The molecular weight excluding hydrogens is 184 g/mol. The summed E-state index contributed by atoms with van der Waals surface area (Å²) in [6.45, 7) is 0. The summed E-state index contributed by atoms with van der Waals surface area (Å²) in [5.74, 6) is -0.301. The van der Waals surface area contributed by atoms with Gasteiger partial charge in [0.15, 0.2) is 0 Å². The van der Waals surface area contributed by atoms with Crippen LogP contribution in [0.2, 0.25) is 0 Å². The zero-order valence-corrected chi connectivity index (χ0v) is 7.27. The molecule has 0 aromatic heterocycles. The van der Waals surface area contributed by atoms with E-state index in [4.69, 9.17) is 0 Å². The van der Waals surface area contributed by atoms with E-state index >= 15 is 0 Å². The normalized spacial score (nSPS) is 19.7. The van der Waals surface area contributed by atoms with Crippen LogP contribution >= 0.6 is 0 Å². The molecule has 5 heteroatoms. The minimum absolute atomic E-state index is 0.223. The van der Waals surface area contributed by atoms with Gasteiger partial charge in [-0.1, -0.05) is 18.2 Å². The quantitative estimate of drug-likeness (QED) is 0.524. The number of fused-ring (bicyclic) bond motifs is 1. The Bertz CT molecular complexity index is 403. The number of nitrogens with one attached hydrogen (secondary N) is 1. The maximum atomic E-state index is 11.1. The second-order valence-corrected chi connectivity index (χ2v) is 3.13. The summed E-state index contributed by atoms with van der Waals surface area (Å²) in [6, 6.07) is 6.91. The number of benzene rings is 1. The fourth-order valence-electron chi connectivity index (χ4n) is 1.58. The largest absolute Gasteiger partial charge is 0.313 e. The molecule has 1 unspecified atom stereocenters. The molecule has 1 atom stereocenters. The second-order valence-electron chi connectivity index (χ2n) is 3.13. The number of hydrogen-bond donors (Lipinski definition) is 1. The van der Waals surface area contributed by atoms with Gasteiger partial charge in [0.25, 0.3) is 0 Å². The van der Waals surface area contributed by atoms with Gasteiger partial charge >= 0.3 is 6.17 Å². The third-order valence-corrected chi connectivity index (χ3v) is 2.21. The summed E-state index contributed by atoms with van der Waals surface area (Å²) < 4.78 is 0. The summed E-state index contributed by atoms with van der Waals surface area (Å²) in [5.41, 5.74) is 1.31. The van der Waals surface area contributed by atoms with Crippen molar-refractivity contribution >= 4 is 5.91 Å². The highest BCUT2D eigenvalue weighted by Gasteiger charge is 2.31. The average Bonchev–Trinajstić information content (AvgIpc) is 2.16. The van der Waals surface area contributed by atoms with Crippen molar-refractivity contribution in [3.05, 3.63) is 45.5 Å². The molecule has 1 heterocycles. The highest BCUT2D eigenvalue weighted by Crippen LogP contribution is 2.22. The minimum atomic E-state index is -1.09. The molecule has 72 valence electrons. The Hall–Kier alpha value is -1.91. The number of nitrogens with zero attached hydrogens (tertiary/aromatic N) is 1. The van der Waals surface area contributed by atoms with Gasteiger partial charge in [-0.05, 0) is 11.6 Å². The molecule has 0 aliphatic carbocycles. The van der Waals surface area contributed by atoms with Crippen molar-refractivity contribution in [1.82, 2.24) is 5.32 Å². The number of nitro groups is 1. The highest BCUT2D eigenvalue weighted by molar-refractivity contribution is 5.81. The van der Waals surface area contributed by atoms with Crippen LogP contribution in [0.1, 0.15) is 17.3 Å². The third kappa shape index (κ3) is 1.32. The Kier molecular flexibility index (Phi) is 1.92. The molecule has 1 aromatic carbocycles. The van der Waals surface area contributed by atoms with E-state index in [1.54, 1.807) is 24.3 Å². The number of amides is 1. The zero-order chi connectivity index (χ0) is 10.1. The van der Waals surface area contributed by atoms with Crippen molar-refractivity contribution in [2.24, 2.45) is 0 Å². The monoisotopic (exact) mass is 192 g/mol. The molecule has 1 amide bonds. The molecule has 2 rings (SSSR count). The summed E-state index contributed by atoms with van der Waals surface area (Å²) in [4.78, 5) is 21.3. The van der Waals surface area contributed by atoms with Crippen molar-refractivity contribution in [3.63, 3.8) is 0 Å². The van der Waals surface area contributed by atoms with E-state index in [1.807, 2.05) is 0 Å². The van der Waals surface area contributed by atoms with Gasteiger partial charge < -0.3 is 0 Å². The Labute approximate surface area is 79.9 Å². The summed E-state index contributed by atoms with van der Waals surface area (Å²) in [6.07, 6.45) is -0.868. The van der Waals surface area contributed by atoms with Crippen LogP contribution in [-0.2, 0) is 11.2 Å². The molecule has 0 spiro atoms. The van der Waals surface area contributed by atoms with Gasteiger partial charge in [-0.25, -0.2) is 0 Å². The maximum Gasteiger partial charge on any atom is 0.313 e. The Morgan fingerprint density at radius 3 is 2.86 bits per heavy atom. The fraction of sp³-hybridized carbons (Fsp3) is 0.222. The van der Waals surface area contributed by atoms with E-state index in [9.17, 15) is 14.9 Å². The van der Waals surface area contributed by atoms with Crippen LogP contribution in [0.15, 0.2) is 24.3 Å². The lowest BCUT2D eigenvalue weighted by Gasteiger charge is -2.19. The van der Waals surface area contributed by atoms with Crippen molar-refractivity contribution < 1.29 is 9.72 Å². The van der Waals surface area contributed by atoms with Gasteiger partial charge in [0, 0.05) is 0 Å². The molecule has 0 saturated carbocycles. The number of hydrogen-bond acceptors (Lipinski definition) is 3. The molecule has 0 fully saturated rings. The van der Waals surface area contributed by atoms with E-state index in [1.165, 1.54) is 0 Å². The lowest BCUT2D eigenvalue weighted by molar-refractivity contribution is -0.534. The van der Waals surface area contributed by atoms with Crippen molar-refractivity contribution in [3.8, 4) is 0 Å². The molecule has 1 N–H and O–H groups in total. The predicted octanol–water partition coefficient (Wildman–Crippen LogP) is 0.634. The van der Waals surface area contributed by atoms with Crippen LogP contribution in [0.5, 0.6) is 0 Å². The second kappa shape index (κ2) is 3.10. The van der Waals surface area contributed by atoms with Gasteiger partial charge in [0.05, 0.1) is 16.9 Å². The van der Waals surface area contributed by atoms with E-state index in [-0.39, 0.29) is 12.3 Å². The highest BCUT2D eigenvalue weighted by atomic mass is 16.6. The standard InChI is InChI=1S/C9H8N2O3/c12-8-5-6-3-1-2-4-7(6)9(10-8)11(13)14/h1-4,9H,5H2,(H,10,12). The molecule has 0 radical (unpaired) electrons. The molecule has 5 nitrogen and oxygen atoms in total. The maximum absolute atomic E-state index is 11.1. The Morgan fingerprint density at radius 2 is 2.14 bits per heavy atom. The van der Waals surface area contributed by atoms with E-state index in [0.717, 1.165) is 5.56 Å². The minimum Gasteiger partial charge on any atom is -0.290 e. The Balaban J connectivity index is 2.48. The lowest BCUT2D eigenvalue weighted by Crippen LogP contribution is -2.39. The van der Waals surface area contributed by atoms with Crippen LogP contribution in [0.4, 0.5) is 0 Å². The first-order chi connectivity index (χ1) is 6.68. The first-order valence-corrected chi connectivity index (χ1v) is 4.19. The van der Waals surface area contributed by atoms with Gasteiger partial charge in [-0.3, -0.25) is 20.2 Å². The number of carbonyl (C=O) groups excluding carboxylic acids is 1. The SMILES string of the molecule is O=C1Cc2ccccc2C([N+](=O)[O-])N1. The van der Waals surface area contributed by atoms with Crippen LogP contribution < -0.4 is 5.32 Å². The topological polar surface area (TPSA) is 72.2 Å². The molecule has 1 aromatic rings. The van der Waals surface area contributed by atoms with E-state index in [2.05, 4.69) is 5.32 Å². The van der Waals surface area contributed by atoms with Gasteiger partial charge in [-0.2, -0.15) is 0 Å². The molecular formula is C9H8N2O3. The summed E-state index contributed by atoms with van der Waals surface area (Å²) in [7, 11) is 0. The van der Waals surface area contributed by atoms with Crippen molar-refractivity contribution in [2.75, 3.05) is 0 Å². The van der Waals surface area contributed by atoms with Gasteiger partial charge in [-0.15, -0.1) is 0 Å². The smallest absolute Gasteiger partial charge is 0.290 e. The van der Waals surface area contributed by atoms with Crippen molar-refractivity contribution in [2.45, 2.75) is 12.6 Å². The van der Waals surface area contributed by atoms with Crippen LogP contribution in [0, 0.1) is 10.1 Å². The van der Waals surface area contributed by atoms with Gasteiger partial charge in [0.1, 0.15) is 0 Å². The summed E-state index contributed by atoms with van der Waals surface area (Å²) in [5, 5.41) is 13.0. The molecule has 1 aliphatic heterocycles. The Morgan fingerprint density at radius 1 is 1.43 bits per heavy atom. The third-order valence-electron chi connectivity index (χ3n) is 2.21. The van der Waals surface area contributed by atoms with Crippen LogP contribution in [-0.4, -0.2) is 10.8 Å². The van der Waals surface area contributed by atoms with E-state index < -0.39 is 11.1 Å². The first-order valence-electron chi connectivity index (χ1n) is 4.19. The molecule has 14 heavy (non-hydrogen) atoms. The number of carbonyl (C=O) groups is 1.